The second-order valence-electron chi connectivity index (χ2n) is 16.5. The Morgan fingerprint density at radius 3 is 1.41 bits per heavy atom. The van der Waals surface area contributed by atoms with Crippen LogP contribution in [0.15, 0.2) is 64.7 Å². The van der Waals surface area contributed by atoms with Crippen LogP contribution >= 0.6 is 31.9 Å². The molecule has 1 aliphatic heterocycles. The fourth-order valence-corrected chi connectivity index (χ4v) is 9.59. The van der Waals surface area contributed by atoms with Crippen molar-refractivity contribution < 1.29 is 57.8 Å². The predicted octanol–water partition coefficient (Wildman–Crippen LogP) is 14.7. The summed E-state index contributed by atoms with van der Waals surface area (Å²) in [6.07, 6.45) is -13.4. The van der Waals surface area contributed by atoms with Crippen LogP contribution in [0.4, 0.5) is 69.7 Å². The molecule has 8 nitrogen and oxygen atoms in total. The Kier molecular flexibility index (Phi) is 15.6. The summed E-state index contributed by atoms with van der Waals surface area (Å²) in [5.74, 6) is -0.975. The molecule has 0 saturated heterocycles. The monoisotopic (exact) mass is 1100 g/mol. The molecule has 1 aromatic heterocycles. The maximum absolute atomic E-state index is 14.9. The Labute approximate surface area is 396 Å². The van der Waals surface area contributed by atoms with E-state index in [-0.39, 0.29) is 55.8 Å². The van der Waals surface area contributed by atoms with Crippen molar-refractivity contribution in [1.82, 2.24) is 9.13 Å². The zero-order valence-corrected chi connectivity index (χ0v) is 39.3. The van der Waals surface area contributed by atoms with Crippen LogP contribution in [0.3, 0.4) is 0 Å². The lowest BCUT2D eigenvalue weighted by atomic mass is 9.89. The van der Waals surface area contributed by atoms with Gasteiger partial charge in [-0.3, -0.25) is 23.5 Å². The largest absolute Gasteiger partial charge is 0.494 e. The van der Waals surface area contributed by atoms with E-state index in [0.29, 0.717) is 37.8 Å². The predicted molar refractivity (Wildman–Crippen MR) is 240 cm³/mol. The minimum absolute atomic E-state index is 0.141. The summed E-state index contributed by atoms with van der Waals surface area (Å²) in [7, 11) is 0. The lowest BCUT2D eigenvalue weighted by Crippen LogP contribution is -2.37. The van der Waals surface area contributed by atoms with Gasteiger partial charge in [0.1, 0.15) is 0 Å². The highest BCUT2D eigenvalue weighted by molar-refractivity contribution is 9.11. The highest BCUT2D eigenvalue weighted by atomic mass is 79.9. The van der Waals surface area contributed by atoms with E-state index >= 15 is 0 Å². The smallest absolute Gasteiger partial charge is 0.416 e. The lowest BCUT2D eigenvalue weighted by molar-refractivity contribution is -0.144. The molecule has 2 N–H and O–H groups in total. The number of unbranched alkanes of at least 4 members (excludes halogenated alkanes) is 10. The first-order valence-electron chi connectivity index (χ1n) is 21.6. The maximum Gasteiger partial charge on any atom is 0.416 e. The van der Waals surface area contributed by atoms with Crippen molar-refractivity contribution in [3.05, 3.63) is 104 Å². The number of anilines is 2. The summed E-state index contributed by atoms with van der Waals surface area (Å²) in [6, 6.07) is 0.869. The molecule has 368 valence electrons. The number of aromatic nitrogens is 2. The van der Waals surface area contributed by atoms with Gasteiger partial charge < -0.3 is 10.4 Å². The van der Waals surface area contributed by atoms with Crippen LogP contribution in [-0.2, 0) is 37.8 Å². The SMILES string of the molecule is CCCCCCCCn1c(O)c2c(=Nc3cc(C(F)(F)F)cc(C(F)(F)F)c3)c(Br)c3c(=O)n(CCCCCCCC)c(=O)c4c(Br)c(Nc5cc(C(F)(F)F)cc(C(F)(F)F)c5)c(c1=O)c2c4-3. The van der Waals surface area contributed by atoms with E-state index < -0.39 is 128 Å². The number of nitrogens with one attached hydrogen (secondary N) is 1. The number of rotatable bonds is 17. The molecule has 6 rings (SSSR count). The number of pyridine rings is 2. The standard InChI is InChI=1S/C46H42Br2F12N4O4/c1-3-5-7-9-11-13-15-63-39(65)31-29-30-33(37(35(31)47)61-27-19-23(43(49,50)51)17-24(20-27)44(52,53)54)41(67)64(16-14-12-10-8-6-4-2)42(68)34(30)38(36(48)32(29)40(63)66)62-28-21-25(45(55,56)57)18-26(22-28)46(58,59)60/h17-22,61,68H,3-16H2,1-2H3. The second-order valence-corrected chi connectivity index (χ2v) is 18.1. The molecule has 0 fully saturated rings. The molecule has 0 amide bonds. The van der Waals surface area contributed by atoms with Crippen molar-refractivity contribution in [2.45, 2.75) is 129 Å². The Bertz CT molecular complexity index is 2970. The van der Waals surface area contributed by atoms with Gasteiger partial charge in [0.15, 0.2) is 0 Å². The molecule has 0 unspecified atom stereocenters. The molecular formula is C46H42Br2F12N4O4. The van der Waals surface area contributed by atoms with Crippen molar-refractivity contribution in [3.8, 4) is 17.0 Å². The summed E-state index contributed by atoms with van der Waals surface area (Å²) >= 11 is 6.56. The molecule has 2 aliphatic rings. The molecule has 3 aromatic carbocycles. The Balaban J connectivity index is 1.83. The first kappa shape index (κ1) is 52.5. The van der Waals surface area contributed by atoms with Crippen LogP contribution in [-0.4, -0.2) is 14.2 Å². The fourth-order valence-electron chi connectivity index (χ4n) is 8.27. The van der Waals surface area contributed by atoms with E-state index in [1.54, 1.807) is 0 Å². The molecule has 2 heterocycles. The second kappa shape index (κ2) is 20.2. The van der Waals surface area contributed by atoms with Gasteiger partial charge in [0.25, 0.3) is 16.7 Å². The third-order valence-corrected chi connectivity index (χ3v) is 13.2. The van der Waals surface area contributed by atoms with Crippen molar-refractivity contribution >= 4 is 70.5 Å². The van der Waals surface area contributed by atoms with Gasteiger partial charge in [-0.15, -0.1) is 0 Å². The molecule has 0 spiro atoms. The highest BCUT2D eigenvalue weighted by Gasteiger charge is 2.40. The summed E-state index contributed by atoms with van der Waals surface area (Å²) in [5, 5.41) is 11.7. The van der Waals surface area contributed by atoms with Crippen molar-refractivity contribution in [1.29, 1.82) is 0 Å². The fraction of sp³-hybridized carbons (Fsp3) is 0.435. The average Bonchev–Trinajstić information content (AvgIpc) is 3.24. The normalized spacial score (nSPS) is 13.3. The molecular weight excluding hydrogens is 1060 g/mol. The summed E-state index contributed by atoms with van der Waals surface area (Å²) in [4.78, 5) is 48.4. The van der Waals surface area contributed by atoms with E-state index in [2.05, 4.69) is 42.2 Å². The quantitative estimate of drug-likeness (QED) is 0.0538. The number of halogens is 14. The van der Waals surface area contributed by atoms with Crippen molar-refractivity contribution in [3.63, 3.8) is 0 Å². The van der Waals surface area contributed by atoms with Gasteiger partial charge in [0, 0.05) is 29.7 Å². The third-order valence-electron chi connectivity index (χ3n) is 11.6. The van der Waals surface area contributed by atoms with Crippen LogP contribution in [0.1, 0.15) is 113 Å². The van der Waals surface area contributed by atoms with Crippen molar-refractivity contribution in [2.75, 3.05) is 5.32 Å². The number of nitrogens with zero attached hydrogens (tertiary/aromatic N) is 3. The molecule has 4 aromatic rings. The maximum atomic E-state index is 14.9. The van der Waals surface area contributed by atoms with Crippen LogP contribution < -0.4 is 27.4 Å². The zero-order valence-electron chi connectivity index (χ0n) is 36.2. The summed E-state index contributed by atoms with van der Waals surface area (Å²) in [5.41, 5.74) is -13.7. The van der Waals surface area contributed by atoms with Gasteiger partial charge >= 0.3 is 24.7 Å². The highest BCUT2D eigenvalue weighted by Crippen LogP contribution is 2.49. The van der Waals surface area contributed by atoms with E-state index in [9.17, 15) is 72.2 Å². The first-order chi connectivity index (χ1) is 31.7. The van der Waals surface area contributed by atoms with Crippen LogP contribution in [0.25, 0.3) is 32.7 Å². The van der Waals surface area contributed by atoms with Gasteiger partial charge in [-0.25, -0.2) is 4.99 Å². The minimum Gasteiger partial charge on any atom is -0.494 e. The van der Waals surface area contributed by atoms with Gasteiger partial charge in [-0.1, -0.05) is 78.1 Å². The molecule has 0 radical (unpaired) electrons. The molecule has 68 heavy (non-hydrogen) atoms. The molecule has 0 saturated carbocycles. The van der Waals surface area contributed by atoms with Gasteiger partial charge in [0.05, 0.1) is 69.7 Å². The van der Waals surface area contributed by atoms with Gasteiger partial charge in [0.2, 0.25) is 5.88 Å². The number of hydrogen-bond acceptors (Lipinski definition) is 6. The Morgan fingerprint density at radius 1 is 0.515 bits per heavy atom. The zero-order chi connectivity index (χ0) is 50.3. The molecule has 0 bridgehead atoms. The topological polar surface area (TPSA) is 106 Å². The van der Waals surface area contributed by atoms with Crippen molar-refractivity contribution in [2.24, 2.45) is 4.99 Å². The van der Waals surface area contributed by atoms with Gasteiger partial charge in [-0.2, -0.15) is 52.7 Å². The van der Waals surface area contributed by atoms with E-state index in [4.69, 9.17) is 0 Å². The Hall–Kier alpha value is -4.86. The number of benzene rings is 4. The number of alkyl halides is 12. The molecule has 1 aliphatic carbocycles. The molecule has 22 heteroatoms. The summed E-state index contributed by atoms with van der Waals surface area (Å²) in [6.45, 7) is 3.39. The lowest BCUT2D eigenvalue weighted by Gasteiger charge is -2.25. The summed E-state index contributed by atoms with van der Waals surface area (Å²) < 4.78 is 171. The van der Waals surface area contributed by atoms with E-state index in [1.807, 2.05) is 13.8 Å². The number of aromatic hydroxyl groups is 1. The Morgan fingerprint density at radius 2 is 0.941 bits per heavy atom. The van der Waals surface area contributed by atoms with Crippen LogP contribution in [0.2, 0.25) is 0 Å². The van der Waals surface area contributed by atoms with E-state index in [0.717, 1.165) is 47.7 Å². The minimum atomic E-state index is -5.35. The average molecular weight is 1100 g/mol. The van der Waals surface area contributed by atoms with E-state index in [1.165, 1.54) is 0 Å². The van der Waals surface area contributed by atoms with Gasteiger partial charge in [-0.05, 0) is 81.1 Å². The van der Waals surface area contributed by atoms with Crippen LogP contribution in [0, 0.1) is 0 Å². The first-order valence-corrected chi connectivity index (χ1v) is 23.2. The molecule has 0 atom stereocenters. The number of hydrogen-bond donors (Lipinski definition) is 2. The third kappa shape index (κ3) is 10.8. The van der Waals surface area contributed by atoms with Crippen LogP contribution in [0.5, 0.6) is 5.88 Å².